The van der Waals surface area contributed by atoms with Crippen molar-refractivity contribution in [3.05, 3.63) is 71.8 Å². The van der Waals surface area contributed by atoms with Gasteiger partial charge in [0.2, 0.25) is 6.79 Å². The van der Waals surface area contributed by atoms with Crippen LogP contribution in [0.25, 0.3) is 32.3 Å². The summed E-state index contributed by atoms with van der Waals surface area (Å²) in [5, 5.41) is 1.40. The number of halogens is 1. The van der Waals surface area contributed by atoms with Crippen molar-refractivity contribution in [2.45, 2.75) is 4.90 Å². The van der Waals surface area contributed by atoms with E-state index in [1.165, 1.54) is 17.6 Å². The maximum Gasteiger partial charge on any atom is 0.231 e. The van der Waals surface area contributed by atoms with E-state index in [4.69, 9.17) is 26.1 Å². The molecule has 156 valence electrons. The molecule has 0 unspecified atom stereocenters. The number of fused-ring (bicyclic) bond motifs is 1. The van der Waals surface area contributed by atoms with Gasteiger partial charge in [-0.2, -0.15) is 0 Å². The Bertz CT molecular complexity index is 1400. The van der Waals surface area contributed by atoms with Crippen molar-refractivity contribution in [1.82, 2.24) is 4.98 Å². The second kappa shape index (κ2) is 7.67. The number of rotatable bonds is 4. The Hall–Kier alpha value is -2.87. The summed E-state index contributed by atoms with van der Waals surface area (Å²) >= 11 is 7.93. The SMILES string of the molecule is CS(=O)(=O)c1ccc(-c2sc(-c3ccccc3Cl)nc2-c2ccc3c(c2)OCO3)cc1. The van der Waals surface area contributed by atoms with Crippen LogP contribution in [0.3, 0.4) is 0 Å². The van der Waals surface area contributed by atoms with Crippen molar-refractivity contribution in [3.8, 4) is 43.8 Å². The Morgan fingerprint density at radius 3 is 2.39 bits per heavy atom. The van der Waals surface area contributed by atoms with Crippen LogP contribution < -0.4 is 9.47 Å². The van der Waals surface area contributed by atoms with Crippen LogP contribution in [0.15, 0.2) is 71.6 Å². The Labute approximate surface area is 188 Å². The topological polar surface area (TPSA) is 65.5 Å². The predicted octanol–water partition coefficient (Wildman–Crippen LogP) is 5.93. The minimum absolute atomic E-state index is 0.195. The summed E-state index contributed by atoms with van der Waals surface area (Å²) in [7, 11) is -3.27. The van der Waals surface area contributed by atoms with Gasteiger partial charge in [0.05, 0.1) is 20.5 Å². The average molecular weight is 470 g/mol. The highest BCUT2D eigenvalue weighted by atomic mass is 35.5. The molecule has 0 radical (unpaired) electrons. The van der Waals surface area contributed by atoms with Crippen LogP contribution in [-0.2, 0) is 9.84 Å². The zero-order valence-corrected chi connectivity index (χ0v) is 18.7. The van der Waals surface area contributed by atoms with Gasteiger partial charge in [0, 0.05) is 17.4 Å². The molecular formula is C23H16ClNO4S2. The summed E-state index contributed by atoms with van der Waals surface area (Å²) in [4.78, 5) is 6.09. The molecule has 8 heteroatoms. The van der Waals surface area contributed by atoms with Crippen LogP contribution in [0.5, 0.6) is 11.5 Å². The van der Waals surface area contributed by atoms with Gasteiger partial charge in [-0.05, 0) is 42.0 Å². The molecule has 0 bridgehead atoms. The van der Waals surface area contributed by atoms with E-state index in [-0.39, 0.29) is 11.7 Å². The molecule has 0 atom stereocenters. The van der Waals surface area contributed by atoms with E-state index in [0.717, 1.165) is 32.3 Å². The van der Waals surface area contributed by atoms with Crippen molar-refractivity contribution < 1.29 is 17.9 Å². The van der Waals surface area contributed by atoms with Gasteiger partial charge >= 0.3 is 0 Å². The quantitative estimate of drug-likeness (QED) is 0.370. The van der Waals surface area contributed by atoms with Gasteiger partial charge in [-0.15, -0.1) is 11.3 Å². The number of nitrogens with zero attached hydrogens (tertiary/aromatic N) is 1. The van der Waals surface area contributed by atoms with Gasteiger partial charge < -0.3 is 9.47 Å². The van der Waals surface area contributed by atoms with Gasteiger partial charge in [-0.25, -0.2) is 13.4 Å². The van der Waals surface area contributed by atoms with Crippen molar-refractivity contribution in [3.63, 3.8) is 0 Å². The monoisotopic (exact) mass is 469 g/mol. The second-order valence-corrected chi connectivity index (χ2v) is 10.5. The molecule has 31 heavy (non-hydrogen) atoms. The van der Waals surface area contributed by atoms with Crippen LogP contribution >= 0.6 is 22.9 Å². The summed E-state index contributed by atoms with van der Waals surface area (Å²) in [6, 6.07) is 20.1. The zero-order chi connectivity index (χ0) is 21.6. The Balaban J connectivity index is 1.68. The minimum atomic E-state index is -3.27. The highest BCUT2D eigenvalue weighted by Gasteiger charge is 2.21. The van der Waals surface area contributed by atoms with E-state index >= 15 is 0 Å². The van der Waals surface area contributed by atoms with Crippen molar-refractivity contribution in [1.29, 1.82) is 0 Å². The normalized spacial score (nSPS) is 12.8. The lowest BCUT2D eigenvalue weighted by molar-refractivity contribution is 0.174. The van der Waals surface area contributed by atoms with E-state index < -0.39 is 9.84 Å². The highest BCUT2D eigenvalue weighted by Crippen LogP contribution is 2.44. The first-order valence-electron chi connectivity index (χ1n) is 9.36. The number of thiazole rings is 1. The lowest BCUT2D eigenvalue weighted by Gasteiger charge is -2.05. The molecule has 0 saturated carbocycles. The first-order chi connectivity index (χ1) is 14.9. The van der Waals surface area contributed by atoms with Crippen LogP contribution in [0.1, 0.15) is 0 Å². The third kappa shape index (κ3) is 3.80. The third-order valence-corrected chi connectivity index (χ3v) is 7.52. The standard InChI is InChI=1S/C23H16ClNO4S2/c1-31(26,27)16-9-6-14(7-10-16)22-21(15-8-11-19-20(12-15)29-13-28-19)25-23(30-22)17-4-2-3-5-18(17)24/h2-12H,13H2,1H3. The molecule has 0 aliphatic carbocycles. The Kier molecular flexibility index (Phi) is 4.97. The number of hydrogen-bond acceptors (Lipinski definition) is 6. The molecule has 3 aromatic carbocycles. The molecule has 2 heterocycles. The van der Waals surface area contributed by atoms with Gasteiger partial charge in [-0.3, -0.25) is 0 Å². The second-order valence-electron chi connectivity index (χ2n) is 7.04. The summed E-state index contributed by atoms with van der Waals surface area (Å²) in [6.07, 6.45) is 1.20. The smallest absolute Gasteiger partial charge is 0.231 e. The minimum Gasteiger partial charge on any atom is -0.454 e. The molecule has 0 fully saturated rings. The van der Waals surface area contributed by atoms with Crippen molar-refractivity contribution >= 4 is 32.8 Å². The van der Waals surface area contributed by atoms with E-state index in [2.05, 4.69) is 0 Å². The van der Waals surface area contributed by atoms with Crippen LogP contribution in [-0.4, -0.2) is 26.5 Å². The number of sulfone groups is 1. The van der Waals surface area contributed by atoms with Gasteiger partial charge in [-0.1, -0.05) is 41.9 Å². The lowest BCUT2D eigenvalue weighted by Crippen LogP contribution is -1.96. The largest absolute Gasteiger partial charge is 0.454 e. The first-order valence-corrected chi connectivity index (χ1v) is 12.4. The summed E-state index contributed by atoms with van der Waals surface area (Å²) in [6.45, 7) is 0.195. The molecule has 1 aromatic heterocycles. The van der Waals surface area contributed by atoms with E-state index in [1.54, 1.807) is 24.3 Å². The number of hydrogen-bond donors (Lipinski definition) is 0. The third-order valence-electron chi connectivity index (χ3n) is 4.92. The first kappa shape index (κ1) is 20.1. The number of benzene rings is 3. The van der Waals surface area contributed by atoms with Gasteiger partial charge in [0.15, 0.2) is 21.3 Å². The molecule has 5 rings (SSSR count). The molecule has 0 saturated heterocycles. The van der Waals surface area contributed by atoms with Crippen LogP contribution in [0, 0.1) is 0 Å². The van der Waals surface area contributed by atoms with Crippen molar-refractivity contribution in [2.24, 2.45) is 0 Å². The molecular weight excluding hydrogens is 454 g/mol. The molecule has 1 aliphatic heterocycles. The molecule has 5 nitrogen and oxygen atoms in total. The Morgan fingerprint density at radius 2 is 1.65 bits per heavy atom. The fourth-order valence-electron chi connectivity index (χ4n) is 3.36. The van der Waals surface area contributed by atoms with Crippen LogP contribution in [0.2, 0.25) is 5.02 Å². The number of ether oxygens (including phenoxy) is 2. The lowest BCUT2D eigenvalue weighted by atomic mass is 10.1. The van der Waals surface area contributed by atoms with E-state index in [1.807, 2.05) is 42.5 Å². The number of aromatic nitrogens is 1. The summed E-state index contributed by atoms with van der Waals surface area (Å²) in [5.41, 5.74) is 3.36. The zero-order valence-electron chi connectivity index (χ0n) is 16.3. The molecule has 4 aromatic rings. The van der Waals surface area contributed by atoms with Gasteiger partial charge in [0.1, 0.15) is 5.01 Å². The maximum absolute atomic E-state index is 11.9. The molecule has 0 N–H and O–H groups in total. The summed E-state index contributed by atoms with van der Waals surface area (Å²) in [5.74, 6) is 1.37. The fourth-order valence-corrected chi connectivity index (χ4v) is 5.40. The van der Waals surface area contributed by atoms with Gasteiger partial charge in [0.25, 0.3) is 0 Å². The highest BCUT2D eigenvalue weighted by molar-refractivity contribution is 7.90. The molecule has 0 amide bonds. The predicted molar refractivity (Wildman–Crippen MR) is 123 cm³/mol. The summed E-state index contributed by atoms with van der Waals surface area (Å²) < 4.78 is 34.7. The molecule has 0 spiro atoms. The van der Waals surface area contributed by atoms with E-state index in [9.17, 15) is 8.42 Å². The molecule has 1 aliphatic rings. The average Bonchev–Trinajstić information content (AvgIpc) is 3.40. The Morgan fingerprint density at radius 1 is 0.935 bits per heavy atom. The van der Waals surface area contributed by atoms with Crippen molar-refractivity contribution in [2.75, 3.05) is 13.0 Å². The maximum atomic E-state index is 11.9. The van der Waals surface area contributed by atoms with Crippen LogP contribution in [0.4, 0.5) is 0 Å². The van der Waals surface area contributed by atoms with E-state index in [0.29, 0.717) is 16.5 Å². The fraction of sp³-hybridized carbons (Fsp3) is 0.0870.